The Labute approximate surface area is 108 Å². The molecule has 16 heavy (non-hydrogen) atoms. The van der Waals surface area contributed by atoms with Gasteiger partial charge in [-0.15, -0.1) is 11.3 Å². The normalized spacial score (nSPS) is 9.81. The highest BCUT2D eigenvalue weighted by Crippen LogP contribution is 2.27. The molecule has 1 rings (SSSR count). The molecule has 5 heteroatoms. The van der Waals surface area contributed by atoms with Crippen molar-refractivity contribution in [1.29, 1.82) is 5.26 Å². The zero-order valence-corrected chi connectivity index (χ0v) is 11.4. The van der Waals surface area contributed by atoms with Crippen LogP contribution in [0.5, 0.6) is 0 Å². The molecule has 0 aliphatic carbocycles. The van der Waals surface area contributed by atoms with Crippen molar-refractivity contribution >= 4 is 33.2 Å². The molecule has 0 bridgehead atoms. The van der Waals surface area contributed by atoms with Crippen molar-refractivity contribution in [2.24, 2.45) is 0 Å². The molecule has 0 aliphatic rings. The number of aryl methyl sites for hydroxylation is 1. The van der Waals surface area contributed by atoms with Crippen LogP contribution in [-0.2, 0) is 11.2 Å². The summed E-state index contributed by atoms with van der Waals surface area (Å²) in [6.07, 6.45) is 2.33. The van der Waals surface area contributed by atoms with Gasteiger partial charge in [-0.25, -0.2) is 0 Å². The van der Waals surface area contributed by atoms with E-state index in [1.165, 1.54) is 16.2 Å². The molecule has 0 fully saturated rings. The molecule has 0 spiro atoms. The highest BCUT2D eigenvalue weighted by Gasteiger charge is 2.05. The minimum Gasteiger partial charge on any atom is -0.356 e. The van der Waals surface area contributed by atoms with Gasteiger partial charge in [-0.1, -0.05) is 6.92 Å². The van der Waals surface area contributed by atoms with E-state index in [4.69, 9.17) is 5.26 Å². The van der Waals surface area contributed by atoms with Crippen molar-refractivity contribution in [2.75, 3.05) is 6.54 Å². The lowest BCUT2D eigenvalue weighted by molar-refractivity contribution is -0.120. The van der Waals surface area contributed by atoms with Crippen molar-refractivity contribution < 1.29 is 4.79 Å². The molecule has 1 N–H and O–H groups in total. The summed E-state index contributed by atoms with van der Waals surface area (Å²) in [4.78, 5) is 12.9. The Balaban J connectivity index is 2.33. The number of amides is 1. The van der Waals surface area contributed by atoms with Crippen LogP contribution < -0.4 is 5.32 Å². The number of hydrogen-bond acceptors (Lipinski definition) is 3. The summed E-state index contributed by atoms with van der Waals surface area (Å²) in [5.74, 6) is 0.0880. The van der Waals surface area contributed by atoms with Gasteiger partial charge in [0, 0.05) is 22.3 Å². The summed E-state index contributed by atoms with van der Waals surface area (Å²) >= 11 is 4.84. The third kappa shape index (κ3) is 3.95. The van der Waals surface area contributed by atoms with Crippen LogP contribution in [0.4, 0.5) is 0 Å². The highest BCUT2D eigenvalue weighted by molar-refractivity contribution is 9.10. The van der Waals surface area contributed by atoms with Crippen molar-refractivity contribution in [3.8, 4) is 6.07 Å². The summed E-state index contributed by atoms with van der Waals surface area (Å²) in [5.41, 5.74) is 0. The first-order valence-corrected chi connectivity index (χ1v) is 6.73. The fraction of sp³-hybridized carbons (Fsp3) is 0.455. The second kappa shape index (κ2) is 6.66. The molecule has 1 heterocycles. The van der Waals surface area contributed by atoms with E-state index in [1.807, 2.05) is 13.0 Å². The number of nitrogens with one attached hydrogen (secondary N) is 1. The SMILES string of the molecule is CCC(=O)NCCCc1cc(Br)c(C#N)s1. The van der Waals surface area contributed by atoms with Crippen LogP contribution in [0.15, 0.2) is 10.5 Å². The first-order valence-electron chi connectivity index (χ1n) is 5.12. The van der Waals surface area contributed by atoms with Gasteiger partial charge in [-0.3, -0.25) is 4.79 Å². The van der Waals surface area contributed by atoms with E-state index in [-0.39, 0.29) is 5.91 Å². The molecule has 0 radical (unpaired) electrons. The first kappa shape index (κ1) is 13.2. The zero-order valence-electron chi connectivity index (χ0n) is 9.05. The highest BCUT2D eigenvalue weighted by atomic mass is 79.9. The summed E-state index contributed by atoms with van der Waals surface area (Å²) in [6.45, 7) is 2.54. The Morgan fingerprint density at radius 1 is 1.69 bits per heavy atom. The van der Waals surface area contributed by atoms with Gasteiger partial charge in [-0.05, 0) is 34.8 Å². The van der Waals surface area contributed by atoms with Gasteiger partial charge in [0.25, 0.3) is 0 Å². The number of rotatable bonds is 5. The second-order valence-corrected chi connectivity index (χ2v) is 5.30. The molecule has 0 unspecified atom stereocenters. The topological polar surface area (TPSA) is 52.9 Å². The van der Waals surface area contributed by atoms with Gasteiger partial charge in [-0.2, -0.15) is 5.26 Å². The number of thiophene rings is 1. The van der Waals surface area contributed by atoms with Gasteiger partial charge in [0.15, 0.2) is 0 Å². The Morgan fingerprint density at radius 3 is 3.00 bits per heavy atom. The summed E-state index contributed by atoms with van der Waals surface area (Å²) in [7, 11) is 0. The van der Waals surface area contributed by atoms with E-state index in [9.17, 15) is 4.79 Å². The molecule has 0 saturated carbocycles. The van der Waals surface area contributed by atoms with Crippen molar-refractivity contribution in [2.45, 2.75) is 26.2 Å². The second-order valence-electron chi connectivity index (χ2n) is 3.31. The molecule has 86 valence electrons. The van der Waals surface area contributed by atoms with Crippen LogP contribution in [0.1, 0.15) is 29.5 Å². The van der Waals surface area contributed by atoms with Gasteiger partial charge < -0.3 is 5.32 Å². The first-order chi connectivity index (χ1) is 7.67. The van der Waals surface area contributed by atoms with Crippen LogP contribution >= 0.6 is 27.3 Å². The van der Waals surface area contributed by atoms with Crippen molar-refractivity contribution in [1.82, 2.24) is 5.32 Å². The molecule has 3 nitrogen and oxygen atoms in total. The number of nitrogens with zero attached hydrogens (tertiary/aromatic N) is 1. The lowest BCUT2D eigenvalue weighted by atomic mass is 10.2. The quantitative estimate of drug-likeness (QED) is 0.850. The largest absolute Gasteiger partial charge is 0.356 e. The molecule has 0 saturated heterocycles. The summed E-state index contributed by atoms with van der Waals surface area (Å²) in [6, 6.07) is 4.11. The predicted octanol–water partition coefficient (Wildman–Crippen LogP) is 2.84. The number of carbonyl (C=O) groups is 1. The molecule has 1 aromatic rings. The van der Waals surface area contributed by atoms with Crippen molar-refractivity contribution in [3.63, 3.8) is 0 Å². The maximum atomic E-state index is 11.0. The van der Waals surface area contributed by atoms with E-state index in [1.54, 1.807) is 0 Å². The maximum Gasteiger partial charge on any atom is 0.219 e. The molecule has 0 aromatic carbocycles. The summed E-state index contributed by atoms with van der Waals surface area (Å²) < 4.78 is 0.868. The third-order valence-corrected chi connectivity index (χ3v) is 4.07. The minimum atomic E-state index is 0.0880. The van der Waals surface area contributed by atoms with Crippen LogP contribution in [0, 0.1) is 11.3 Å². The molecular formula is C11H13BrN2OS. The van der Waals surface area contributed by atoms with Gasteiger partial charge >= 0.3 is 0 Å². The Hall–Kier alpha value is -0.860. The lowest BCUT2D eigenvalue weighted by Gasteiger charge is -2.01. The third-order valence-electron chi connectivity index (χ3n) is 2.08. The maximum absolute atomic E-state index is 11.0. The average molecular weight is 301 g/mol. The van der Waals surface area contributed by atoms with Crippen LogP contribution in [0.3, 0.4) is 0 Å². The fourth-order valence-corrected chi connectivity index (χ4v) is 2.88. The standard InChI is InChI=1S/C11H13BrN2OS/c1-2-11(15)14-5-3-4-8-6-9(12)10(7-13)16-8/h6H,2-5H2,1H3,(H,14,15). The van der Waals surface area contributed by atoms with E-state index in [0.29, 0.717) is 17.8 Å². The van der Waals surface area contributed by atoms with E-state index in [2.05, 4.69) is 27.3 Å². The Morgan fingerprint density at radius 2 is 2.44 bits per heavy atom. The number of hydrogen-bond donors (Lipinski definition) is 1. The molecule has 1 aromatic heterocycles. The van der Waals surface area contributed by atoms with Crippen LogP contribution in [0.2, 0.25) is 0 Å². The van der Waals surface area contributed by atoms with E-state index < -0.39 is 0 Å². The van der Waals surface area contributed by atoms with Gasteiger partial charge in [0.1, 0.15) is 10.9 Å². The number of carbonyl (C=O) groups excluding carboxylic acids is 1. The predicted molar refractivity (Wildman–Crippen MR) is 68.4 cm³/mol. The lowest BCUT2D eigenvalue weighted by Crippen LogP contribution is -2.23. The van der Waals surface area contributed by atoms with Crippen LogP contribution in [-0.4, -0.2) is 12.5 Å². The van der Waals surface area contributed by atoms with Crippen molar-refractivity contribution in [3.05, 3.63) is 20.3 Å². The zero-order chi connectivity index (χ0) is 12.0. The molecule has 0 atom stereocenters. The fourth-order valence-electron chi connectivity index (χ4n) is 1.23. The van der Waals surface area contributed by atoms with Crippen LogP contribution in [0.25, 0.3) is 0 Å². The average Bonchev–Trinajstić information content (AvgIpc) is 2.64. The number of halogens is 1. The monoisotopic (exact) mass is 300 g/mol. The van der Waals surface area contributed by atoms with Gasteiger partial charge in [0.2, 0.25) is 5.91 Å². The van der Waals surface area contributed by atoms with Gasteiger partial charge in [0.05, 0.1) is 0 Å². The smallest absolute Gasteiger partial charge is 0.219 e. The molecule has 0 aliphatic heterocycles. The summed E-state index contributed by atoms with van der Waals surface area (Å²) in [5, 5.41) is 11.6. The van der Waals surface area contributed by atoms with E-state index >= 15 is 0 Å². The molecule has 1 amide bonds. The number of nitriles is 1. The Kier molecular flexibility index (Phi) is 5.50. The molecular weight excluding hydrogens is 288 g/mol. The minimum absolute atomic E-state index is 0.0880. The Bertz CT molecular complexity index is 409. The van der Waals surface area contributed by atoms with E-state index in [0.717, 1.165) is 17.3 Å².